The molecule has 2 aliphatic rings. The van der Waals surface area contributed by atoms with Gasteiger partial charge in [0.05, 0.1) is 13.0 Å². The normalized spacial score (nSPS) is 22.5. The largest absolute Gasteiger partial charge is 0.481 e. The number of aryl methyl sites for hydroxylation is 1. The molecule has 1 aliphatic carbocycles. The Balaban J connectivity index is 1.69. The number of aromatic nitrogens is 1. The number of rotatable bonds is 3. The van der Waals surface area contributed by atoms with E-state index in [4.69, 9.17) is 9.84 Å². The Morgan fingerprint density at radius 3 is 2.59 bits per heavy atom. The summed E-state index contributed by atoms with van der Waals surface area (Å²) >= 11 is 0. The van der Waals surface area contributed by atoms with E-state index in [1.54, 1.807) is 17.0 Å². The molecule has 0 radical (unpaired) electrons. The van der Waals surface area contributed by atoms with E-state index in [0.717, 1.165) is 25.0 Å². The molecule has 2 fully saturated rings. The van der Waals surface area contributed by atoms with Crippen LogP contribution in [-0.2, 0) is 4.79 Å². The lowest BCUT2D eigenvalue weighted by atomic mass is 9.90. The molecular formula is C16H20N2O4. The molecule has 6 nitrogen and oxygen atoms in total. The minimum Gasteiger partial charge on any atom is -0.481 e. The molecule has 1 saturated carbocycles. The van der Waals surface area contributed by atoms with E-state index in [2.05, 4.69) is 4.98 Å². The molecule has 1 spiro atoms. The van der Waals surface area contributed by atoms with Crippen LogP contribution in [0.15, 0.2) is 12.1 Å². The lowest BCUT2D eigenvalue weighted by Crippen LogP contribution is -2.40. The number of methoxy groups -OCH3 is 1. The van der Waals surface area contributed by atoms with Gasteiger partial charge in [-0.1, -0.05) is 0 Å². The first kappa shape index (κ1) is 14.8. The Morgan fingerprint density at radius 2 is 2.05 bits per heavy atom. The first-order valence-corrected chi connectivity index (χ1v) is 7.50. The van der Waals surface area contributed by atoms with Crippen LogP contribution in [-0.4, -0.2) is 47.1 Å². The van der Waals surface area contributed by atoms with Gasteiger partial charge in [0.15, 0.2) is 0 Å². The Hall–Kier alpha value is -2.11. The van der Waals surface area contributed by atoms with E-state index >= 15 is 0 Å². The van der Waals surface area contributed by atoms with E-state index in [9.17, 15) is 9.59 Å². The molecule has 1 atom stereocenters. The fraction of sp³-hybridized carbons (Fsp3) is 0.562. The fourth-order valence-corrected chi connectivity index (χ4v) is 3.43. The van der Waals surface area contributed by atoms with Crippen LogP contribution in [0.2, 0.25) is 0 Å². The van der Waals surface area contributed by atoms with Crippen molar-refractivity contribution < 1.29 is 19.4 Å². The lowest BCUT2D eigenvalue weighted by molar-refractivity contribution is -0.139. The van der Waals surface area contributed by atoms with Crippen molar-refractivity contribution in [1.29, 1.82) is 0 Å². The Labute approximate surface area is 129 Å². The van der Waals surface area contributed by atoms with Crippen LogP contribution in [0.25, 0.3) is 0 Å². The zero-order chi connectivity index (χ0) is 15.9. The second kappa shape index (κ2) is 5.26. The van der Waals surface area contributed by atoms with Crippen molar-refractivity contribution in [3.8, 4) is 5.88 Å². The van der Waals surface area contributed by atoms with E-state index < -0.39 is 5.97 Å². The maximum atomic E-state index is 12.6. The second-order valence-corrected chi connectivity index (χ2v) is 6.26. The molecule has 22 heavy (non-hydrogen) atoms. The highest BCUT2D eigenvalue weighted by Crippen LogP contribution is 2.59. The van der Waals surface area contributed by atoms with E-state index in [0.29, 0.717) is 24.5 Å². The summed E-state index contributed by atoms with van der Waals surface area (Å²) in [6, 6.07) is 3.54. The molecule has 1 aromatic heterocycles. The third-order valence-corrected chi connectivity index (χ3v) is 4.96. The molecule has 3 rings (SSSR count). The molecule has 6 heteroatoms. The van der Waals surface area contributed by atoms with E-state index in [1.807, 2.05) is 6.92 Å². The molecule has 1 saturated heterocycles. The van der Waals surface area contributed by atoms with Crippen molar-refractivity contribution in [1.82, 2.24) is 9.88 Å². The van der Waals surface area contributed by atoms with Gasteiger partial charge in [-0.2, -0.15) is 0 Å². The molecule has 1 unspecified atom stereocenters. The molecule has 0 bridgehead atoms. The molecule has 1 aromatic rings. The van der Waals surface area contributed by atoms with Gasteiger partial charge >= 0.3 is 5.97 Å². The molecule has 1 amide bonds. The number of carboxylic acid groups (broad SMARTS) is 1. The molecule has 2 heterocycles. The predicted octanol–water partition coefficient (Wildman–Crippen LogP) is 1.73. The maximum absolute atomic E-state index is 12.6. The summed E-state index contributed by atoms with van der Waals surface area (Å²) in [5.74, 6) is -0.670. The standard InChI is InChI=1S/C16H20N2O4/c1-10-3-4-11(13(17-10)22-2)14(19)18-7-5-16(6-8-18)9-12(16)15(20)21/h3-4,12H,5-9H2,1-2H3,(H,20,21). The first-order chi connectivity index (χ1) is 10.5. The van der Waals surface area contributed by atoms with Gasteiger partial charge in [0.1, 0.15) is 5.56 Å². The van der Waals surface area contributed by atoms with Crippen LogP contribution in [0, 0.1) is 18.3 Å². The van der Waals surface area contributed by atoms with Crippen molar-refractivity contribution in [2.45, 2.75) is 26.2 Å². The molecule has 118 valence electrons. The summed E-state index contributed by atoms with van der Waals surface area (Å²) in [6.45, 7) is 3.04. The number of pyridine rings is 1. The zero-order valence-corrected chi connectivity index (χ0v) is 12.8. The molecular weight excluding hydrogens is 284 g/mol. The minimum atomic E-state index is -0.704. The first-order valence-electron chi connectivity index (χ1n) is 7.50. The molecule has 1 N–H and O–H groups in total. The van der Waals surface area contributed by atoms with Crippen LogP contribution in [0.3, 0.4) is 0 Å². The highest BCUT2D eigenvalue weighted by Gasteiger charge is 2.59. The number of hydrogen-bond donors (Lipinski definition) is 1. The topological polar surface area (TPSA) is 79.7 Å². The summed E-state index contributed by atoms with van der Waals surface area (Å²) in [4.78, 5) is 29.7. The van der Waals surface area contributed by atoms with Gasteiger partial charge in [0.25, 0.3) is 5.91 Å². The van der Waals surface area contributed by atoms with Crippen molar-refractivity contribution in [2.75, 3.05) is 20.2 Å². The number of ether oxygens (including phenoxy) is 1. The van der Waals surface area contributed by atoms with Crippen LogP contribution < -0.4 is 4.74 Å². The second-order valence-electron chi connectivity index (χ2n) is 6.26. The zero-order valence-electron chi connectivity index (χ0n) is 12.8. The van der Waals surface area contributed by atoms with Gasteiger partial charge in [-0.25, -0.2) is 4.98 Å². The van der Waals surface area contributed by atoms with Gasteiger partial charge in [0.2, 0.25) is 5.88 Å². The van der Waals surface area contributed by atoms with Gasteiger partial charge in [-0.15, -0.1) is 0 Å². The average molecular weight is 304 g/mol. The van der Waals surface area contributed by atoms with Crippen molar-refractivity contribution >= 4 is 11.9 Å². The van der Waals surface area contributed by atoms with Gasteiger partial charge in [0, 0.05) is 18.8 Å². The maximum Gasteiger partial charge on any atom is 0.307 e. The number of hydrogen-bond acceptors (Lipinski definition) is 4. The Bertz CT molecular complexity index is 621. The van der Waals surface area contributed by atoms with Gasteiger partial charge in [-0.05, 0) is 43.7 Å². The van der Waals surface area contributed by atoms with Gasteiger partial charge < -0.3 is 14.7 Å². The van der Waals surface area contributed by atoms with Crippen LogP contribution in [0.5, 0.6) is 5.88 Å². The Kier molecular flexibility index (Phi) is 3.54. The predicted molar refractivity (Wildman–Crippen MR) is 78.8 cm³/mol. The number of carboxylic acids is 1. The lowest BCUT2D eigenvalue weighted by Gasteiger charge is -2.32. The quantitative estimate of drug-likeness (QED) is 0.920. The third-order valence-electron chi connectivity index (χ3n) is 4.96. The fourth-order valence-electron chi connectivity index (χ4n) is 3.43. The summed E-state index contributed by atoms with van der Waals surface area (Å²) in [7, 11) is 1.51. The number of nitrogens with zero attached hydrogens (tertiary/aromatic N) is 2. The molecule has 0 aromatic carbocycles. The van der Waals surface area contributed by atoms with Crippen LogP contribution >= 0.6 is 0 Å². The average Bonchev–Trinajstić information content (AvgIpc) is 3.21. The van der Waals surface area contributed by atoms with Gasteiger partial charge in [-0.3, -0.25) is 9.59 Å². The number of amides is 1. The van der Waals surface area contributed by atoms with E-state index in [-0.39, 0.29) is 17.2 Å². The summed E-state index contributed by atoms with van der Waals surface area (Å²) in [5.41, 5.74) is 1.20. The summed E-state index contributed by atoms with van der Waals surface area (Å²) in [5, 5.41) is 9.11. The smallest absolute Gasteiger partial charge is 0.307 e. The van der Waals surface area contributed by atoms with Crippen molar-refractivity contribution in [2.24, 2.45) is 11.3 Å². The number of carbonyl (C=O) groups excluding carboxylic acids is 1. The van der Waals surface area contributed by atoms with Crippen LogP contribution in [0.4, 0.5) is 0 Å². The number of carbonyl (C=O) groups is 2. The minimum absolute atomic E-state index is 0.0712. The highest BCUT2D eigenvalue weighted by atomic mass is 16.5. The highest BCUT2D eigenvalue weighted by molar-refractivity contribution is 5.96. The number of aliphatic carboxylic acids is 1. The Morgan fingerprint density at radius 1 is 1.36 bits per heavy atom. The number of likely N-dealkylation sites (tertiary alicyclic amines) is 1. The third kappa shape index (κ3) is 2.42. The summed E-state index contributed by atoms with van der Waals surface area (Å²) < 4.78 is 5.20. The van der Waals surface area contributed by atoms with Crippen molar-refractivity contribution in [3.63, 3.8) is 0 Å². The van der Waals surface area contributed by atoms with Crippen LogP contribution in [0.1, 0.15) is 35.3 Å². The van der Waals surface area contributed by atoms with Crippen molar-refractivity contribution in [3.05, 3.63) is 23.4 Å². The SMILES string of the molecule is COc1nc(C)ccc1C(=O)N1CCC2(CC1)CC2C(=O)O. The van der Waals surface area contributed by atoms with E-state index in [1.165, 1.54) is 7.11 Å². The number of piperidine rings is 1. The molecule has 1 aliphatic heterocycles. The summed E-state index contributed by atoms with van der Waals surface area (Å²) in [6.07, 6.45) is 2.27. The monoisotopic (exact) mass is 304 g/mol.